The van der Waals surface area contributed by atoms with Crippen LogP contribution in [0, 0.1) is 13.8 Å². The van der Waals surface area contributed by atoms with Crippen LogP contribution in [0.15, 0.2) is 71.3 Å². The van der Waals surface area contributed by atoms with Crippen LogP contribution in [0.5, 0.6) is 0 Å². The highest BCUT2D eigenvalue weighted by Gasteiger charge is 2.32. The molecule has 1 amide bonds. The molecular formula is C27H29N3O2. The average molecular weight is 428 g/mol. The number of hydrogen-bond acceptors (Lipinski definition) is 3. The van der Waals surface area contributed by atoms with E-state index in [-0.39, 0.29) is 11.9 Å². The van der Waals surface area contributed by atoms with Crippen LogP contribution in [0.3, 0.4) is 0 Å². The number of benzene rings is 2. The number of carbonyl (C=O) groups excluding carboxylic acids is 1. The Bertz CT molecular complexity index is 1200. The summed E-state index contributed by atoms with van der Waals surface area (Å²) in [5.41, 5.74) is 5.65. The van der Waals surface area contributed by atoms with E-state index in [9.17, 15) is 4.79 Å². The number of aromatic amines is 1. The molecule has 5 nitrogen and oxygen atoms in total. The van der Waals surface area contributed by atoms with Crippen molar-refractivity contribution in [1.82, 2.24) is 9.88 Å². The zero-order valence-electron chi connectivity index (χ0n) is 18.7. The van der Waals surface area contributed by atoms with Gasteiger partial charge in [0, 0.05) is 36.8 Å². The minimum absolute atomic E-state index is 0.0751. The molecule has 0 spiro atoms. The summed E-state index contributed by atoms with van der Waals surface area (Å²) in [5, 5.41) is 1.17. The third-order valence-electron chi connectivity index (χ3n) is 6.70. The van der Waals surface area contributed by atoms with Crippen LogP contribution in [0.4, 0.5) is 5.69 Å². The Balaban J connectivity index is 1.45. The molecule has 2 aromatic carbocycles. The van der Waals surface area contributed by atoms with Gasteiger partial charge < -0.3 is 14.3 Å². The summed E-state index contributed by atoms with van der Waals surface area (Å²) in [6.07, 6.45) is 3.42. The number of piperidine rings is 1. The fourth-order valence-electron chi connectivity index (χ4n) is 4.84. The van der Waals surface area contributed by atoms with Crippen LogP contribution >= 0.6 is 0 Å². The number of furan rings is 1. The van der Waals surface area contributed by atoms with Crippen LogP contribution < -0.4 is 4.90 Å². The molecular weight excluding hydrogens is 398 g/mol. The molecule has 5 heteroatoms. The fourth-order valence-corrected chi connectivity index (χ4v) is 4.84. The van der Waals surface area contributed by atoms with Crippen molar-refractivity contribution in [3.05, 3.63) is 89.5 Å². The summed E-state index contributed by atoms with van der Waals surface area (Å²) >= 11 is 0. The van der Waals surface area contributed by atoms with Gasteiger partial charge in [-0.3, -0.25) is 9.69 Å². The standard InChI is InChI=1S/C27H29N3O2/c1-19-20(2)28-26-23(19)10-6-11-24(26)30(27(31)25-12-7-17-32-25)22-13-15-29(16-14-22)18-21-8-4-3-5-9-21/h3-12,17,22,28H,13-16,18H2,1-2H3. The Morgan fingerprint density at radius 3 is 2.53 bits per heavy atom. The van der Waals surface area contributed by atoms with Gasteiger partial charge in [-0.25, -0.2) is 0 Å². The lowest BCUT2D eigenvalue weighted by atomic mass is 10.00. The van der Waals surface area contributed by atoms with Crippen LogP contribution in [-0.4, -0.2) is 34.9 Å². The highest BCUT2D eigenvalue weighted by Crippen LogP contribution is 2.34. The van der Waals surface area contributed by atoms with Crippen molar-refractivity contribution in [2.75, 3.05) is 18.0 Å². The van der Waals surface area contributed by atoms with Crippen molar-refractivity contribution in [3.63, 3.8) is 0 Å². The quantitative estimate of drug-likeness (QED) is 0.445. The number of aromatic nitrogens is 1. The maximum absolute atomic E-state index is 13.6. The second-order valence-corrected chi connectivity index (χ2v) is 8.72. The lowest BCUT2D eigenvalue weighted by molar-refractivity contribution is 0.0932. The highest BCUT2D eigenvalue weighted by atomic mass is 16.3. The van der Waals surface area contributed by atoms with Crippen molar-refractivity contribution in [2.45, 2.75) is 39.3 Å². The predicted octanol–water partition coefficient (Wildman–Crippen LogP) is 5.69. The second kappa shape index (κ2) is 8.67. The molecule has 4 aromatic rings. The molecule has 0 aliphatic carbocycles. The molecule has 0 radical (unpaired) electrons. The summed E-state index contributed by atoms with van der Waals surface area (Å²) in [6.45, 7) is 7.07. The first-order valence-corrected chi connectivity index (χ1v) is 11.3. The molecule has 32 heavy (non-hydrogen) atoms. The number of rotatable bonds is 5. The summed E-state index contributed by atoms with van der Waals surface area (Å²) in [6, 6.07) is 20.5. The Labute approximate surface area is 188 Å². The number of hydrogen-bond donors (Lipinski definition) is 1. The van der Waals surface area contributed by atoms with E-state index >= 15 is 0 Å². The summed E-state index contributed by atoms with van der Waals surface area (Å²) < 4.78 is 5.52. The van der Waals surface area contributed by atoms with Gasteiger partial charge in [0.15, 0.2) is 5.76 Å². The minimum atomic E-state index is -0.0751. The molecule has 0 atom stereocenters. The third kappa shape index (κ3) is 3.84. The number of H-pyrrole nitrogens is 1. The number of para-hydroxylation sites is 1. The normalized spacial score (nSPS) is 15.3. The molecule has 1 fully saturated rings. The molecule has 5 rings (SSSR count). The average Bonchev–Trinajstić information content (AvgIpc) is 3.45. The summed E-state index contributed by atoms with van der Waals surface area (Å²) in [5.74, 6) is 0.308. The largest absolute Gasteiger partial charge is 0.459 e. The SMILES string of the molecule is Cc1[nH]c2c(N(C(=O)c3ccco3)C3CCN(Cc4ccccc4)CC3)cccc2c1C. The van der Waals surface area contributed by atoms with Gasteiger partial charge in [-0.1, -0.05) is 42.5 Å². The van der Waals surface area contributed by atoms with E-state index in [1.807, 2.05) is 11.0 Å². The number of carbonyl (C=O) groups is 1. The smallest absolute Gasteiger partial charge is 0.294 e. The number of fused-ring (bicyclic) bond motifs is 1. The van der Waals surface area contributed by atoms with Crippen LogP contribution in [-0.2, 0) is 6.54 Å². The van der Waals surface area contributed by atoms with E-state index in [4.69, 9.17) is 4.42 Å². The highest BCUT2D eigenvalue weighted by molar-refractivity contribution is 6.09. The minimum Gasteiger partial charge on any atom is -0.459 e. The van der Waals surface area contributed by atoms with E-state index in [1.165, 1.54) is 16.5 Å². The van der Waals surface area contributed by atoms with Crippen LogP contribution in [0.1, 0.15) is 40.2 Å². The summed E-state index contributed by atoms with van der Waals surface area (Å²) in [4.78, 5) is 21.6. The van der Waals surface area contributed by atoms with E-state index in [2.05, 4.69) is 66.2 Å². The van der Waals surface area contributed by atoms with Gasteiger partial charge in [-0.2, -0.15) is 0 Å². The third-order valence-corrected chi connectivity index (χ3v) is 6.70. The van der Waals surface area contributed by atoms with Gasteiger partial charge in [-0.05, 0) is 56.0 Å². The first kappa shape index (κ1) is 20.6. The number of aryl methyl sites for hydroxylation is 2. The van der Waals surface area contributed by atoms with Crippen molar-refractivity contribution < 1.29 is 9.21 Å². The lowest BCUT2D eigenvalue weighted by Crippen LogP contribution is -2.47. The topological polar surface area (TPSA) is 52.5 Å². The van der Waals surface area contributed by atoms with Crippen molar-refractivity contribution in [2.24, 2.45) is 0 Å². The molecule has 164 valence electrons. The molecule has 3 heterocycles. The van der Waals surface area contributed by atoms with Gasteiger partial charge in [0.2, 0.25) is 0 Å². The maximum atomic E-state index is 13.6. The van der Waals surface area contributed by atoms with E-state index in [1.54, 1.807) is 18.4 Å². The molecule has 2 aromatic heterocycles. The molecule has 1 aliphatic rings. The molecule has 0 unspecified atom stereocenters. The number of nitrogens with zero attached hydrogens (tertiary/aromatic N) is 2. The van der Waals surface area contributed by atoms with Crippen molar-refractivity contribution in [3.8, 4) is 0 Å². The van der Waals surface area contributed by atoms with Crippen molar-refractivity contribution >= 4 is 22.5 Å². The first-order valence-electron chi connectivity index (χ1n) is 11.3. The lowest BCUT2D eigenvalue weighted by Gasteiger charge is -2.38. The Hall–Kier alpha value is -3.31. The van der Waals surface area contributed by atoms with Crippen LogP contribution in [0.25, 0.3) is 10.9 Å². The monoisotopic (exact) mass is 427 g/mol. The zero-order chi connectivity index (χ0) is 22.1. The van der Waals surface area contributed by atoms with E-state index < -0.39 is 0 Å². The maximum Gasteiger partial charge on any atom is 0.294 e. The summed E-state index contributed by atoms with van der Waals surface area (Å²) in [7, 11) is 0. The van der Waals surface area contributed by atoms with Gasteiger partial charge in [0.25, 0.3) is 5.91 Å². The second-order valence-electron chi connectivity index (χ2n) is 8.72. The van der Waals surface area contributed by atoms with Gasteiger partial charge in [-0.15, -0.1) is 0 Å². The molecule has 1 saturated heterocycles. The number of likely N-dealkylation sites (tertiary alicyclic amines) is 1. The Morgan fingerprint density at radius 1 is 1.03 bits per heavy atom. The molecule has 0 saturated carbocycles. The van der Waals surface area contributed by atoms with Gasteiger partial charge in [0.05, 0.1) is 17.5 Å². The van der Waals surface area contributed by atoms with E-state index in [0.29, 0.717) is 5.76 Å². The first-order chi connectivity index (χ1) is 15.6. The number of anilines is 1. The number of nitrogens with one attached hydrogen (secondary N) is 1. The number of amides is 1. The molecule has 1 N–H and O–H groups in total. The Kier molecular flexibility index (Phi) is 5.58. The van der Waals surface area contributed by atoms with Gasteiger partial charge in [0.1, 0.15) is 0 Å². The fraction of sp³-hybridized carbons (Fsp3) is 0.296. The predicted molar refractivity (Wildman–Crippen MR) is 128 cm³/mol. The Morgan fingerprint density at radius 2 is 1.81 bits per heavy atom. The van der Waals surface area contributed by atoms with Crippen molar-refractivity contribution in [1.29, 1.82) is 0 Å². The molecule has 1 aliphatic heterocycles. The zero-order valence-corrected chi connectivity index (χ0v) is 18.7. The van der Waals surface area contributed by atoms with Gasteiger partial charge >= 0.3 is 0 Å². The van der Waals surface area contributed by atoms with Crippen LogP contribution in [0.2, 0.25) is 0 Å². The molecule has 0 bridgehead atoms. The van der Waals surface area contributed by atoms with E-state index in [0.717, 1.165) is 49.4 Å².